The van der Waals surface area contributed by atoms with Gasteiger partial charge in [-0.3, -0.25) is 4.68 Å². The van der Waals surface area contributed by atoms with Crippen LogP contribution in [-0.4, -0.2) is 9.78 Å². The average molecular weight is 179 g/mol. The zero-order valence-electron chi connectivity index (χ0n) is 8.38. The largest absolute Gasteiger partial charge is 0.321 e. The minimum absolute atomic E-state index is 0.0850. The molecule has 1 saturated carbocycles. The molecule has 0 saturated heterocycles. The topological polar surface area (TPSA) is 43.8 Å². The van der Waals surface area contributed by atoms with Gasteiger partial charge in [0.25, 0.3) is 0 Å². The Morgan fingerprint density at radius 1 is 1.46 bits per heavy atom. The Morgan fingerprint density at radius 3 is 2.54 bits per heavy atom. The lowest BCUT2D eigenvalue weighted by Crippen LogP contribution is -2.33. The Kier molecular flexibility index (Phi) is 1.91. The second kappa shape index (κ2) is 2.84. The van der Waals surface area contributed by atoms with Crippen molar-refractivity contribution in [3.8, 4) is 0 Å². The maximum atomic E-state index is 6.34. The third-order valence-electron chi connectivity index (χ3n) is 3.05. The van der Waals surface area contributed by atoms with Crippen LogP contribution < -0.4 is 5.73 Å². The predicted molar refractivity (Wildman–Crippen MR) is 52.3 cm³/mol. The van der Waals surface area contributed by atoms with Gasteiger partial charge in [0, 0.05) is 24.3 Å². The summed E-state index contributed by atoms with van der Waals surface area (Å²) in [6.07, 6.45) is 6.80. The van der Waals surface area contributed by atoms with Crippen LogP contribution in [0.5, 0.6) is 0 Å². The smallest absolute Gasteiger partial charge is 0.0644 e. The summed E-state index contributed by atoms with van der Waals surface area (Å²) in [6, 6.07) is 0. The fraction of sp³-hybridized carbons (Fsp3) is 0.700. The quantitative estimate of drug-likeness (QED) is 0.709. The van der Waals surface area contributed by atoms with Gasteiger partial charge in [0.2, 0.25) is 0 Å². The van der Waals surface area contributed by atoms with Crippen LogP contribution >= 0.6 is 0 Å². The van der Waals surface area contributed by atoms with E-state index in [-0.39, 0.29) is 5.54 Å². The van der Waals surface area contributed by atoms with Crippen molar-refractivity contribution in [1.82, 2.24) is 9.78 Å². The molecule has 0 bridgehead atoms. The summed E-state index contributed by atoms with van der Waals surface area (Å²) in [6.45, 7) is 2.04. The first-order valence-electron chi connectivity index (χ1n) is 4.91. The molecule has 3 heteroatoms. The molecule has 0 aromatic carbocycles. The second-order valence-electron chi connectivity index (χ2n) is 4.17. The molecule has 0 radical (unpaired) electrons. The van der Waals surface area contributed by atoms with Crippen molar-refractivity contribution in [3.05, 3.63) is 17.5 Å². The minimum Gasteiger partial charge on any atom is -0.321 e. The molecule has 0 spiro atoms. The van der Waals surface area contributed by atoms with Crippen LogP contribution in [0, 0.1) is 6.92 Å². The maximum Gasteiger partial charge on any atom is 0.0644 e. The SMILES string of the molecule is Cc1nn(C)cc1C1(N)CCCC1. The van der Waals surface area contributed by atoms with E-state index in [9.17, 15) is 0 Å². The monoisotopic (exact) mass is 179 g/mol. The van der Waals surface area contributed by atoms with Crippen molar-refractivity contribution in [3.63, 3.8) is 0 Å². The third kappa shape index (κ3) is 1.37. The number of hydrogen-bond donors (Lipinski definition) is 1. The highest BCUT2D eigenvalue weighted by atomic mass is 15.3. The number of nitrogens with two attached hydrogens (primary N) is 1. The molecule has 0 amide bonds. The standard InChI is InChI=1S/C10H17N3/c1-8-9(7-13(2)12-8)10(11)5-3-4-6-10/h7H,3-6,11H2,1-2H3. The van der Waals surface area contributed by atoms with E-state index in [0.717, 1.165) is 18.5 Å². The number of nitrogens with zero attached hydrogens (tertiary/aromatic N) is 2. The van der Waals surface area contributed by atoms with Gasteiger partial charge in [0.05, 0.1) is 5.69 Å². The maximum absolute atomic E-state index is 6.34. The van der Waals surface area contributed by atoms with E-state index >= 15 is 0 Å². The number of aryl methyl sites for hydroxylation is 2. The zero-order chi connectivity index (χ0) is 9.47. The van der Waals surface area contributed by atoms with Crippen LogP contribution in [0.1, 0.15) is 36.9 Å². The molecular weight excluding hydrogens is 162 g/mol. The Hall–Kier alpha value is -0.830. The first-order valence-corrected chi connectivity index (χ1v) is 4.91. The van der Waals surface area contributed by atoms with Gasteiger partial charge < -0.3 is 5.73 Å². The van der Waals surface area contributed by atoms with Crippen molar-refractivity contribution in [2.24, 2.45) is 12.8 Å². The summed E-state index contributed by atoms with van der Waals surface area (Å²) in [7, 11) is 1.95. The van der Waals surface area contributed by atoms with Gasteiger partial charge in [0.15, 0.2) is 0 Å². The fourth-order valence-corrected chi connectivity index (χ4v) is 2.36. The highest BCUT2D eigenvalue weighted by Crippen LogP contribution is 2.37. The Morgan fingerprint density at radius 2 is 2.08 bits per heavy atom. The molecule has 1 aliphatic carbocycles. The number of hydrogen-bond acceptors (Lipinski definition) is 2. The minimum atomic E-state index is -0.0850. The predicted octanol–water partition coefficient (Wildman–Crippen LogP) is 1.46. The molecule has 0 aliphatic heterocycles. The summed E-state index contributed by atoms with van der Waals surface area (Å²) >= 11 is 0. The lowest BCUT2D eigenvalue weighted by molar-refractivity contribution is 0.459. The Balaban J connectivity index is 2.38. The highest BCUT2D eigenvalue weighted by Gasteiger charge is 2.33. The summed E-state index contributed by atoms with van der Waals surface area (Å²) < 4.78 is 1.86. The van der Waals surface area contributed by atoms with Gasteiger partial charge in [-0.05, 0) is 19.8 Å². The van der Waals surface area contributed by atoms with Crippen molar-refractivity contribution < 1.29 is 0 Å². The molecule has 0 atom stereocenters. The molecule has 0 unspecified atom stereocenters. The van der Waals surface area contributed by atoms with Crippen LogP contribution in [0.3, 0.4) is 0 Å². The van der Waals surface area contributed by atoms with Crippen molar-refractivity contribution in [2.75, 3.05) is 0 Å². The molecule has 2 rings (SSSR count). The molecule has 1 aromatic rings. The van der Waals surface area contributed by atoms with E-state index in [1.54, 1.807) is 0 Å². The fourth-order valence-electron chi connectivity index (χ4n) is 2.36. The van der Waals surface area contributed by atoms with E-state index in [2.05, 4.69) is 11.3 Å². The van der Waals surface area contributed by atoms with Crippen LogP contribution in [0.2, 0.25) is 0 Å². The van der Waals surface area contributed by atoms with Gasteiger partial charge >= 0.3 is 0 Å². The van der Waals surface area contributed by atoms with E-state index < -0.39 is 0 Å². The number of rotatable bonds is 1. The van der Waals surface area contributed by atoms with E-state index in [0.29, 0.717) is 0 Å². The molecule has 13 heavy (non-hydrogen) atoms. The van der Waals surface area contributed by atoms with E-state index in [1.807, 2.05) is 18.7 Å². The average Bonchev–Trinajstić information content (AvgIpc) is 2.59. The van der Waals surface area contributed by atoms with E-state index in [4.69, 9.17) is 5.73 Å². The summed E-state index contributed by atoms with van der Waals surface area (Å²) in [4.78, 5) is 0. The Labute approximate surface area is 78.9 Å². The molecule has 2 N–H and O–H groups in total. The first-order chi connectivity index (χ1) is 6.12. The van der Waals surface area contributed by atoms with Crippen LogP contribution in [-0.2, 0) is 12.6 Å². The lowest BCUT2D eigenvalue weighted by atomic mass is 9.90. The second-order valence-corrected chi connectivity index (χ2v) is 4.17. The number of aromatic nitrogens is 2. The van der Waals surface area contributed by atoms with Gasteiger partial charge in [-0.15, -0.1) is 0 Å². The first kappa shape index (κ1) is 8.75. The third-order valence-corrected chi connectivity index (χ3v) is 3.05. The summed E-state index contributed by atoms with van der Waals surface area (Å²) in [5.74, 6) is 0. The normalized spacial score (nSPS) is 20.8. The zero-order valence-corrected chi connectivity index (χ0v) is 8.38. The van der Waals surface area contributed by atoms with Crippen molar-refractivity contribution in [2.45, 2.75) is 38.1 Å². The van der Waals surface area contributed by atoms with Crippen LogP contribution in [0.15, 0.2) is 6.20 Å². The van der Waals surface area contributed by atoms with Gasteiger partial charge in [-0.1, -0.05) is 12.8 Å². The molecule has 1 fully saturated rings. The molecule has 1 aliphatic rings. The summed E-state index contributed by atoms with van der Waals surface area (Å²) in [5.41, 5.74) is 8.59. The molecule has 3 nitrogen and oxygen atoms in total. The Bertz CT molecular complexity index is 308. The lowest BCUT2D eigenvalue weighted by Gasteiger charge is -2.22. The van der Waals surface area contributed by atoms with Crippen molar-refractivity contribution >= 4 is 0 Å². The molecule has 1 aromatic heterocycles. The van der Waals surface area contributed by atoms with Crippen LogP contribution in [0.4, 0.5) is 0 Å². The van der Waals surface area contributed by atoms with E-state index in [1.165, 1.54) is 18.4 Å². The van der Waals surface area contributed by atoms with Gasteiger partial charge in [-0.25, -0.2) is 0 Å². The molecule has 1 heterocycles. The molecular formula is C10H17N3. The van der Waals surface area contributed by atoms with Crippen LogP contribution in [0.25, 0.3) is 0 Å². The van der Waals surface area contributed by atoms with Gasteiger partial charge in [-0.2, -0.15) is 5.10 Å². The van der Waals surface area contributed by atoms with Crippen molar-refractivity contribution in [1.29, 1.82) is 0 Å². The van der Waals surface area contributed by atoms with Gasteiger partial charge in [0.1, 0.15) is 0 Å². The highest BCUT2D eigenvalue weighted by molar-refractivity contribution is 5.26. The summed E-state index contributed by atoms with van der Waals surface area (Å²) in [5, 5.41) is 4.34. The molecule has 72 valence electrons.